The maximum Gasteiger partial charge on any atom is 0.341 e. The van der Waals surface area contributed by atoms with Crippen LogP contribution in [0.5, 0.6) is 5.75 Å². The number of carboxylic acids is 1. The van der Waals surface area contributed by atoms with Crippen molar-refractivity contribution in [3.8, 4) is 11.8 Å². The number of oxazole rings is 1. The van der Waals surface area contributed by atoms with Crippen molar-refractivity contribution < 1.29 is 19.1 Å². The molecule has 6 heteroatoms. The largest absolute Gasteiger partial charge is 0.482 e. The molecule has 24 heavy (non-hydrogen) atoms. The van der Waals surface area contributed by atoms with Gasteiger partial charge in [-0.1, -0.05) is 24.3 Å². The molecule has 6 nitrogen and oxygen atoms in total. The number of para-hydroxylation sites is 2. The molecular formula is C18H12N2O4. The minimum absolute atomic E-state index is 0.232. The van der Waals surface area contributed by atoms with Crippen molar-refractivity contribution in [1.29, 1.82) is 5.26 Å². The van der Waals surface area contributed by atoms with E-state index < -0.39 is 12.6 Å². The Morgan fingerprint density at radius 1 is 1.29 bits per heavy atom. The Labute approximate surface area is 137 Å². The first kappa shape index (κ1) is 15.3. The quantitative estimate of drug-likeness (QED) is 0.724. The first-order chi connectivity index (χ1) is 11.7. The fourth-order valence-electron chi connectivity index (χ4n) is 2.14. The van der Waals surface area contributed by atoms with Gasteiger partial charge in [0.25, 0.3) is 0 Å². The van der Waals surface area contributed by atoms with E-state index in [0.29, 0.717) is 22.4 Å². The molecule has 3 rings (SSSR count). The number of nitriles is 1. The van der Waals surface area contributed by atoms with E-state index in [1.54, 1.807) is 42.5 Å². The van der Waals surface area contributed by atoms with Crippen LogP contribution in [-0.2, 0) is 4.79 Å². The Kier molecular flexibility index (Phi) is 4.25. The zero-order valence-corrected chi connectivity index (χ0v) is 12.5. The van der Waals surface area contributed by atoms with Crippen LogP contribution in [-0.4, -0.2) is 22.7 Å². The lowest BCUT2D eigenvalue weighted by Gasteiger charge is -2.03. The van der Waals surface area contributed by atoms with E-state index in [0.717, 1.165) is 0 Å². The summed E-state index contributed by atoms with van der Waals surface area (Å²) in [6, 6.07) is 16.1. The van der Waals surface area contributed by atoms with Crippen LogP contribution in [0.25, 0.3) is 22.7 Å². The summed E-state index contributed by atoms with van der Waals surface area (Å²) in [4.78, 5) is 14.8. The van der Waals surface area contributed by atoms with E-state index in [1.807, 2.05) is 12.1 Å². The Morgan fingerprint density at radius 2 is 2.12 bits per heavy atom. The second-order valence-electron chi connectivity index (χ2n) is 4.91. The predicted molar refractivity (Wildman–Crippen MR) is 87.1 cm³/mol. The van der Waals surface area contributed by atoms with Crippen molar-refractivity contribution in [2.45, 2.75) is 0 Å². The van der Waals surface area contributed by atoms with Crippen LogP contribution in [0.15, 0.2) is 52.9 Å². The topological polar surface area (TPSA) is 96.3 Å². The molecule has 3 aromatic rings. The van der Waals surface area contributed by atoms with Gasteiger partial charge in [0, 0.05) is 0 Å². The molecule has 1 heterocycles. The van der Waals surface area contributed by atoms with Crippen LogP contribution in [0.4, 0.5) is 0 Å². The minimum Gasteiger partial charge on any atom is -0.482 e. The molecule has 0 fully saturated rings. The van der Waals surface area contributed by atoms with Gasteiger partial charge in [0.15, 0.2) is 12.2 Å². The maximum absolute atomic E-state index is 10.6. The summed E-state index contributed by atoms with van der Waals surface area (Å²) >= 11 is 0. The fraction of sp³-hybridized carbons (Fsp3) is 0.0556. The van der Waals surface area contributed by atoms with Crippen molar-refractivity contribution >= 4 is 28.7 Å². The molecule has 0 aliphatic carbocycles. The number of benzene rings is 2. The molecule has 0 aliphatic rings. The molecule has 1 aromatic heterocycles. The van der Waals surface area contributed by atoms with Crippen molar-refractivity contribution in [2.24, 2.45) is 0 Å². The maximum atomic E-state index is 10.6. The SMILES string of the molecule is N#C/C(=C/c1cccc(OCC(=O)O)c1)c1nc2ccccc2o1. The van der Waals surface area contributed by atoms with Gasteiger partial charge in [-0.2, -0.15) is 5.26 Å². The normalized spacial score (nSPS) is 11.2. The third kappa shape index (κ3) is 3.42. The molecule has 0 amide bonds. The van der Waals surface area contributed by atoms with E-state index >= 15 is 0 Å². The highest BCUT2D eigenvalue weighted by Gasteiger charge is 2.10. The van der Waals surface area contributed by atoms with Crippen LogP contribution >= 0.6 is 0 Å². The van der Waals surface area contributed by atoms with Crippen LogP contribution in [0, 0.1) is 11.3 Å². The van der Waals surface area contributed by atoms with Gasteiger partial charge < -0.3 is 14.3 Å². The number of carboxylic acid groups (broad SMARTS) is 1. The van der Waals surface area contributed by atoms with Gasteiger partial charge in [-0.25, -0.2) is 9.78 Å². The Hall–Kier alpha value is -3.59. The number of rotatable bonds is 5. The molecule has 0 saturated heterocycles. The van der Waals surface area contributed by atoms with Gasteiger partial charge in [-0.15, -0.1) is 0 Å². The van der Waals surface area contributed by atoms with E-state index in [-0.39, 0.29) is 11.5 Å². The number of ether oxygens (including phenoxy) is 1. The first-order valence-electron chi connectivity index (χ1n) is 7.08. The summed E-state index contributed by atoms with van der Waals surface area (Å²) in [5.41, 5.74) is 2.22. The molecule has 0 aliphatic heterocycles. The van der Waals surface area contributed by atoms with Gasteiger partial charge in [0.1, 0.15) is 22.9 Å². The smallest absolute Gasteiger partial charge is 0.341 e. The highest BCUT2D eigenvalue weighted by Crippen LogP contribution is 2.23. The van der Waals surface area contributed by atoms with E-state index in [1.165, 1.54) is 0 Å². The van der Waals surface area contributed by atoms with Gasteiger partial charge in [0.05, 0.1) is 0 Å². The summed E-state index contributed by atoms with van der Waals surface area (Å²) in [5, 5.41) is 18.0. The number of hydrogen-bond acceptors (Lipinski definition) is 5. The minimum atomic E-state index is -1.06. The fourth-order valence-corrected chi connectivity index (χ4v) is 2.14. The van der Waals surface area contributed by atoms with E-state index in [9.17, 15) is 10.1 Å². The summed E-state index contributed by atoms with van der Waals surface area (Å²) < 4.78 is 10.7. The number of hydrogen-bond donors (Lipinski definition) is 1. The average Bonchev–Trinajstić information content (AvgIpc) is 3.02. The second-order valence-corrected chi connectivity index (χ2v) is 4.91. The van der Waals surface area contributed by atoms with E-state index in [4.69, 9.17) is 14.3 Å². The molecule has 0 radical (unpaired) electrons. The summed E-state index contributed by atoms with van der Waals surface area (Å²) in [6.07, 6.45) is 1.61. The number of aromatic nitrogens is 1. The van der Waals surface area contributed by atoms with Gasteiger partial charge in [0.2, 0.25) is 5.89 Å². The zero-order chi connectivity index (χ0) is 16.9. The number of nitrogens with zero attached hydrogens (tertiary/aromatic N) is 2. The van der Waals surface area contributed by atoms with E-state index in [2.05, 4.69) is 11.1 Å². The lowest BCUT2D eigenvalue weighted by molar-refractivity contribution is -0.139. The molecule has 0 atom stereocenters. The summed E-state index contributed by atoms with van der Waals surface area (Å²) in [6.45, 7) is -0.427. The standard InChI is InChI=1S/C18H12N2O4/c19-10-13(18-20-15-6-1-2-7-16(15)24-18)8-12-4-3-5-14(9-12)23-11-17(21)22/h1-9H,11H2,(H,21,22)/b13-8-. The third-order valence-corrected chi connectivity index (χ3v) is 3.18. The number of fused-ring (bicyclic) bond motifs is 1. The lowest BCUT2D eigenvalue weighted by Crippen LogP contribution is -2.09. The van der Waals surface area contributed by atoms with Crippen LogP contribution in [0.2, 0.25) is 0 Å². The first-order valence-corrected chi connectivity index (χ1v) is 7.08. The van der Waals surface area contributed by atoms with Crippen molar-refractivity contribution in [3.05, 3.63) is 60.0 Å². The van der Waals surface area contributed by atoms with Crippen molar-refractivity contribution in [3.63, 3.8) is 0 Å². The highest BCUT2D eigenvalue weighted by atomic mass is 16.5. The van der Waals surface area contributed by atoms with Crippen molar-refractivity contribution in [1.82, 2.24) is 4.98 Å². The Bertz CT molecular complexity index is 933. The number of carbonyl (C=O) groups is 1. The van der Waals surface area contributed by atoms with Gasteiger partial charge in [-0.05, 0) is 35.9 Å². The molecule has 118 valence electrons. The summed E-state index contributed by atoms with van der Waals surface area (Å²) in [7, 11) is 0. The third-order valence-electron chi connectivity index (χ3n) is 3.18. The van der Waals surface area contributed by atoms with Gasteiger partial charge >= 0.3 is 5.97 Å². The molecular weight excluding hydrogens is 308 g/mol. The Morgan fingerprint density at radius 3 is 2.88 bits per heavy atom. The Balaban J connectivity index is 1.91. The molecule has 1 N–H and O–H groups in total. The van der Waals surface area contributed by atoms with Crippen LogP contribution in [0.1, 0.15) is 11.5 Å². The highest BCUT2D eigenvalue weighted by molar-refractivity contribution is 5.88. The monoisotopic (exact) mass is 320 g/mol. The number of aliphatic carboxylic acids is 1. The molecule has 0 saturated carbocycles. The lowest BCUT2D eigenvalue weighted by atomic mass is 10.1. The number of allylic oxidation sites excluding steroid dienone is 1. The molecule has 0 unspecified atom stereocenters. The second kappa shape index (κ2) is 6.67. The molecule has 2 aromatic carbocycles. The van der Waals surface area contributed by atoms with Crippen LogP contribution < -0.4 is 4.74 Å². The zero-order valence-electron chi connectivity index (χ0n) is 12.5. The van der Waals surface area contributed by atoms with Crippen LogP contribution in [0.3, 0.4) is 0 Å². The van der Waals surface area contributed by atoms with Gasteiger partial charge in [-0.3, -0.25) is 0 Å². The summed E-state index contributed by atoms with van der Waals surface area (Å²) in [5.74, 6) is -0.420. The molecule has 0 bridgehead atoms. The molecule has 0 spiro atoms. The predicted octanol–water partition coefficient (Wildman–Crippen LogP) is 3.36. The average molecular weight is 320 g/mol. The van der Waals surface area contributed by atoms with Crippen molar-refractivity contribution in [2.75, 3.05) is 6.61 Å².